The van der Waals surface area contributed by atoms with Gasteiger partial charge < -0.3 is 25.2 Å². The predicted molar refractivity (Wildman–Crippen MR) is 113 cm³/mol. The molecule has 0 radical (unpaired) electrons. The average molecular weight is 406 g/mol. The van der Waals surface area contributed by atoms with E-state index in [1.807, 2.05) is 42.5 Å². The number of ether oxygens (including phenoxy) is 1. The third-order valence-corrected chi connectivity index (χ3v) is 4.66. The molecule has 4 N–H and O–H groups in total. The van der Waals surface area contributed by atoms with Gasteiger partial charge in [0.1, 0.15) is 11.3 Å². The van der Waals surface area contributed by atoms with Crippen LogP contribution in [0.1, 0.15) is 5.56 Å². The largest absolute Gasteiger partial charge is 0.411 e. The molecule has 0 aliphatic heterocycles. The van der Waals surface area contributed by atoms with Crippen molar-refractivity contribution in [1.29, 1.82) is 0 Å². The van der Waals surface area contributed by atoms with E-state index >= 15 is 0 Å². The number of nitrogen functional groups attached to an aromatic ring is 1. The maximum absolute atomic E-state index is 5.97. The number of imidazole rings is 1. The number of benzene rings is 3. The summed E-state index contributed by atoms with van der Waals surface area (Å²) in [6.07, 6.45) is 0.176. The molecule has 2 heterocycles. The van der Waals surface area contributed by atoms with Crippen molar-refractivity contribution >= 4 is 45.4 Å². The molecule has 2 aromatic heterocycles. The summed E-state index contributed by atoms with van der Waals surface area (Å²) in [5.41, 5.74) is 10.6. The van der Waals surface area contributed by atoms with E-state index in [0.29, 0.717) is 40.1 Å². The molecule has 144 valence electrons. The van der Waals surface area contributed by atoms with Gasteiger partial charge in [0, 0.05) is 17.3 Å². The Hall–Kier alpha value is -3.71. The van der Waals surface area contributed by atoms with Crippen LogP contribution in [0.5, 0.6) is 11.8 Å². The number of aromatic nitrogens is 3. The highest BCUT2D eigenvalue weighted by Crippen LogP contribution is 2.27. The molecule has 0 bridgehead atoms. The number of nitrogens with two attached hydrogens (primary N) is 1. The first-order valence-electron chi connectivity index (χ1n) is 8.94. The van der Waals surface area contributed by atoms with E-state index in [9.17, 15) is 0 Å². The van der Waals surface area contributed by atoms with Crippen molar-refractivity contribution < 1.29 is 9.15 Å². The minimum atomic E-state index is 0.176. The minimum absolute atomic E-state index is 0.176. The predicted octanol–water partition coefficient (Wildman–Crippen LogP) is 5.34. The Morgan fingerprint density at radius 2 is 1.86 bits per heavy atom. The second-order valence-electron chi connectivity index (χ2n) is 6.55. The van der Waals surface area contributed by atoms with Gasteiger partial charge in [-0.05, 0) is 54.1 Å². The van der Waals surface area contributed by atoms with Crippen molar-refractivity contribution in [3.8, 4) is 11.8 Å². The summed E-state index contributed by atoms with van der Waals surface area (Å²) >= 11 is 5.97. The number of anilines is 2. The van der Waals surface area contributed by atoms with Gasteiger partial charge in [-0.15, -0.1) is 0 Å². The van der Waals surface area contributed by atoms with Crippen LogP contribution in [0, 0.1) is 0 Å². The van der Waals surface area contributed by atoms with Crippen LogP contribution in [0.3, 0.4) is 0 Å². The van der Waals surface area contributed by atoms with Crippen molar-refractivity contribution in [2.75, 3.05) is 11.1 Å². The van der Waals surface area contributed by atoms with Gasteiger partial charge >= 0.3 is 6.08 Å². The molecule has 0 aliphatic rings. The van der Waals surface area contributed by atoms with Crippen LogP contribution in [-0.4, -0.2) is 15.0 Å². The number of rotatable bonds is 5. The molecule has 0 fully saturated rings. The molecule has 5 aromatic rings. The summed E-state index contributed by atoms with van der Waals surface area (Å²) in [7, 11) is 0. The highest BCUT2D eigenvalue weighted by Gasteiger charge is 2.09. The van der Waals surface area contributed by atoms with E-state index in [1.54, 1.807) is 18.2 Å². The fourth-order valence-electron chi connectivity index (χ4n) is 3.00. The van der Waals surface area contributed by atoms with E-state index in [4.69, 9.17) is 26.5 Å². The number of nitrogens with one attached hydrogen (secondary N) is 2. The van der Waals surface area contributed by atoms with Crippen molar-refractivity contribution in [3.63, 3.8) is 0 Å². The summed E-state index contributed by atoms with van der Waals surface area (Å²) in [6.45, 7) is 0.608. The van der Waals surface area contributed by atoms with Gasteiger partial charge in [0.15, 0.2) is 5.58 Å². The highest BCUT2D eigenvalue weighted by atomic mass is 35.5. The Labute approximate surface area is 170 Å². The van der Waals surface area contributed by atoms with Crippen molar-refractivity contribution in [2.45, 2.75) is 6.54 Å². The minimum Gasteiger partial charge on any atom is -0.411 e. The first kappa shape index (κ1) is 17.4. The first-order valence-corrected chi connectivity index (χ1v) is 9.32. The van der Waals surface area contributed by atoms with Crippen LogP contribution < -0.4 is 15.8 Å². The number of hydrogen-bond donors (Lipinski definition) is 3. The second-order valence-corrected chi connectivity index (χ2v) is 6.99. The first-order chi connectivity index (χ1) is 14.1. The zero-order valence-electron chi connectivity index (χ0n) is 15.1. The van der Waals surface area contributed by atoms with E-state index in [0.717, 1.165) is 16.6 Å². The molecule has 7 nitrogen and oxygen atoms in total. The molecule has 0 spiro atoms. The molecule has 0 unspecified atom stereocenters. The average Bonchev–Trinajstić information content (AvgIpc) is 3.29. The van der Waals surface area contributed by atoms with Gasteiger partial charge in [0.25, 0.3) is 0 Å². The summed E-state index contributed by atoms with van der Waals surface area (Å²) in [6, 6.07) is 18.5. The molecule has 0 saturated carbocycles. The molecule has 0 amide bonds. The van der Waals surface area contributed by atoms with E-state index in [2.05, 4.69) is 20.3 Å². The zero-order chi connectivity index (χ0) is 19.8. The highest BCUT2D eigenvalue weighted by molar-refractivity contribution is 6.31. The number of nitrogens with zero attached hydrogens (tertiary/aromatic N) is 2. The van der Waals surface area contributed by atoms with Gasteiger partial charge in [-0.25, -0.2) is 4.98 Å². The fourth-order valence-corrected chi connectivity index (χ4v) is 3.16. The van der Waals surface area contributed by atoms with E-state index < -0.39 is 0 Å². The SMILES string of the molecule is Nc1ccc2nc(NCc3ccc(Oc4nc5cc(Cl)ccc5o4)cc3)[nH]c2c1. The van der Waals surface area contributed by atoms with Gasteiger partial charge in [-0.3, -0.25) is 0 Å². The Kier molecular flexibility index (Phi) is 4.22. The Morgan fingerprint density at radius 3 is 2.72 bits per heavy atom. The van der Waals surface area contributed by atoms with Gasteiger partial charge in [0.2, 0.25) is 5.95 Å². The monoisotopic (exact) mass is 405 g/mol. The Balaban J connectivity index is 1.25. The van der Waals surface area contributed by atoms with Crippen molar-refractivity contribution in [1.82, 2.24) is 15.0 Å². The third-order valence-electron chi connectivity index (χ3n) is 4.42. The molecule has 0 saturated heterocycles. The van der Waals surface area contributed by atoms with Crippen LogP contribution in [0.15, 0.2) is 65.1 Å². The van der Waals surface area contributed by atoms with Crippen molar-refractivity contribution in [3.05, 3.63) is 71.2 Å². The molecule has 8 heteroatoms. The number of oxazole rings is 1. The van der Waals surface area contributed by atoms with Crippen LogP contribution >= 0.6 is 11.6 Å². The molecular formula is C21H16ClN5O2. The number of fused-ring (bicyclic) bond motifs is 2. The number of H-pyrrole nitrogens is 1. The molecule has 0 aliphatic carbocycles. The lowest BCUT2D eigenvalue weighted by Crippen LogP contribution is -2.00. The van der Waals surface area contributed by atoms with Crippen LogP contribution in [0.2, 0.25) is 5.02 Å². The summed E-state index contributed by atoms with van der Waals surface area (Å²) < 4.78 is 11.3. The lowest BCUT2D eigenvalue weighted by Gasteiger charge is -2.05. The summed E-state index contributed by atoms with van der Waals surface area (Å²) in [4.78, 5) is 12.0. The van der Waals surface area contributed by atoms with Crippen LogP contribution in [0.4, 0.5) is 11.6 Å². The van der Waals surface area contributed by atoms with Crippen LogP contribution in [-0.2, 0) is 6.54 Å². The summed E-state index contributed by atoms with van der Waals surface area (Å²) in [5.74, 6) is 1.32. The Bertz CT molecular complexity index is 1310. The molecule has 5 rings (SSSR count). The molecule has 3 aromatic carbocycles. The van der Waals surface area contributed by atoms with Gasteiger partial charge in [0.05, 0.1) is 11.0 Å². The van der Waals surface area contributed by atoms with E-state index in [-0.39, 0.29) is 6.08 Å². The lowest BCUT2D eigenvalue weighted by molar-refractivity contribution is 0.343. The Morgan fingerprint density at radius 1 is 1.00 bits per heavy atom. The van der Waals surface area contributed by atoms with Crippen LogP contribution in [0.25, 0.3) is 22.1 Å². The summed E-state index contributed by atoms with van der Waals surface area (Å²) in [5, 5.41) is 3.87. The molecule has 29 heavy (non-hydrogen) atoms. The normalized spacial score (nSPS) is 11.2. The van der Waals surface area contributed by atoms with Gasteiger partial charge in [-0.1, -0.05) is 23.7 Å². The van der Waals surface area contributed by atoms with Crippen molar-refractivity contribution in [2.24, 2.45) is 0 Å². The number of hydrogen-bond acceptors (Lipinski definition) is 6. The fraction of sp³-hybridized carbons (Fsp3) is 0.0476. The zero-order valence-corrected chi connectivity index (χ0v) is 15.9. The quantitative estimate of drug-likeness (QED) is 0.341. The molecule has 0 atom stereocenters. The lowest BCUT2D eigenvalue weighted by atomic mass is 10.2. The number of aromatic amines is 1. The maximum Gasteiger partial charge on any atom is 0.400 e. The second kappa shape index (κ2) is 7.03. The van der Waals surface area contributed by atoms with E-state index in [1.165, 1.54) is 0 Å². The van der Waals surface area contributed by atoms with Gasteiger partial charge in [-0.2, -0.15) is 4.98 Å². The topological polar surface area (TPSA) is 102 Å². The maximum atomic E-state index is 5.97. The third kappa shape index (κ3) is 3.68. The smallest absolute Gasteiger partial charge is 0.400 e. The number of halogens is 1. The standard InChI is InChI=1S/C21H16ClN5O2/c22-13-3-8-19-18(9-13)27-21(29-19)28-15-5-1-12(2-6-15)11-24-20-25-16-7-4-14(23)10-17(16)26-20/h1-10H,11,23H2,(H2,24,25,26). The molecular weight excluding hydrogens is 390 g/mol.